The first-order chi connectivity index (χ1) is 11.9. The Morgan fingerprint density at radius 3 is 2.36 bits per heavy atom. The largest absolute Gasteiger partial charge is 0.369 e. The van der Waals surface area contributed by atoms with Crippen molar-refractivity contribution in [2.24, 2.45) is 14.1 Å². The Hall–Kier alpha value is -2.33. The Morgan fingerprint density at radius 1 is 1.20 bits per heavy atom. The minimum atomic E-state index is -0.570. The van der Waals surface area contributed by atoms with E-state index in [0.717, 1.165) is 28.3 Å². The second-order valence-electron chi connectivity index (χ2n) is 6.54. The molecule has 1 heterocycles. The molecule has 0 aliphatic heterocycles. The van der Waals surface area contributed by atoms with Gasteiger partial charge < -0.3 is 5.32 Å². The third-order valence-corrected chi connectivity index (χ3v) is 5.67. The molecular weight excluding hydrogens is 384 g/mol. The highest BCUT2D eigenvalue weighted by Gasteiger charge is 2.38. The van der Waals surface area contributed by atoms with Crippen molar-refractivity contribution >= 4 is 21.7 Å². The van der Waals surface area contributed by atoms with E-state index in [2.05, 4.69) is 33.4 Å². The van der Waals surface area contributed by atoms with E-state index in [-0.39, 0.29) is 11.0 Å². The van der Waals surface area contributed by atoms with Gasteiger partial charge in [0.25, 0.3) is 5.56 Å². The average molecular weight is 403 g/mol. The third-order valence-electron chi connectivity index (χ3n) is 5.14. The summed E-state index contributed by atoms with van der Waals surface area (Å²) in [7, 11) is 2.95. The van der Waals surface area contributed by atoms with Crippen molar-refractivity contribution in [2.75, 3.05) is 11.9 Å². The lowest BCUT2D eigenvalue weighted by Crippen LogP contribution is -2.44. The summed E-state index contributed by atoms with van der Waals surface area (Å²) in [6.07, 6.45) is 3.20. The Labute approximate surface area is 153 Å². The van der Waals surface area contributed by atoms with Gasteiger partial charge in [-0.15, -0.1) is 0 Å². The molecule has 3 rings (SSSR count). The van der Waals surface area contributed by atoms with E-state index >= 15 is 0 Å². The van der Waals surface area contributed by atoms with Gasteiger partial charge in [-0.05, 0) is 30.5 Å². The van der Waals surface area contributed by atoms with Crippen LogP contribution in [0.15, 0.2) is 38.3 Å². The van der Waals surface area contributed by atoms with Crippen molar-refractivity contribution in [3.8, 4) is 6.07 Å². The zero-order valence-electron chi connectivity index (χ0n) is 14.2. The molecule has 0 atom stereocenters. The van der Waals surface area contributed by atoms with Crippen molar-refractivity contribution in [3.05, 3.63) is 60.7 Å². The number of nitrogens with zero attached hydrogens (tertiary/aromatic N) is 3. The van der Waals surface area contributed by atoms with Crippen LogP contribution in [0.3, 0.4) is 0 Å². The van der Waals surface area contributed by atoms with E-state index in [1.54, 1.807) is 7.05 Å². The van der Waals surface area contributed by atoms with Gasteiger partial charge in [-0.25, -0.2) is 4.79 Å². The standard InChI is InChI=1S/C18H19BrN4O2/c1-22-15(14(10-20)16(24)23(2)17(22)25)21-11-18(8-3-9-18)12-4-6-13(19)7-5-12/h4-7,21H,3,8-9,11H2,1-2H3. The Bertz CT molecular complexity index is 963. The van der Waals surface area contributed by atoms with Crippen molar-refractivity contribution in [3.63, 3.8) is 0 Å². The zero-order valence-corrected chi connectivity index (χ0v) is 15.8. The van der Waals surface area contributed by atoms with Crippen molar-refractivity contribution in [1.29, 1.82) is 5.26 Å². The van der Waals surface area contributed by atoms with Gasteiger partial charge in [0.2, 0.25) is 0 Å². The summed E-state index contributed by atoms with van der Waals surface area (Å²) < 4.78 is 3.31. The van der Waals surface area contributed by atoms with E-state index in [9.17, 15) is 14.9 Å². The molecule has 0 saturated heterocycles. The first kappa shape index (κ1) is 17.5. The lowest BCUT2D eigenvalue weighted by molar-refractivity contribution is 0.260. The van der Waals surface area contributed by atoms with Crippen molar-refractivity contribution in [1.82, 2.24) is 9.13 Å². The number of hydrogen-bond acceptors (Lipinski definition) is 4. The summed E-state index contributed by atoms with van der Waals surface area (Å²) in [5.74, 6) is 0.291. The predicted molar refractivity (Wildman–Crippen MR) is 99.8 cm³/mol. The lowest BCUT2D eigenvalue weighted by Gasteiger charge is -2.43. The Balaban J connectivity index is 1.96. The number of nitriles is 1. The monoisotopic (exact) mass is 402 g/mol. The molecular formula is C18H19BrN4O2. The molecule has 1 aromatic carbocycles. The van der Waals surface area contributed by atoms with Gasteiger partial charge in [0, 0.05) is 30.5 Å². The third kappa shape index (κ3) is 2.91. The SMILES string of the molecule is Cn1c(NCC2(c3ccc(Br)cc3)CCC2)c(C#N)c(=O)n(C)c1=O. The molecule has 0 bridgehead atoms. The number of rotatable bonds is 4. The number of halogens is 1. The fourth-order valence-electron chi connectivity index (χ4n) is 3.38. The van der Waals surface area contributed by atoms with Gasteiger partial charge in [0.15, 0.2) is 5.56 Å². The van der Waals surface area contributed by atoms with Gasteiger partial charge >= 0.3 is 5.69 Å². The van der Waals surface area contributed by atoms with Crippen molar-refractivity contribution in [2.45, 2.75) is 24.7 Å². The number of benzene rings is 1. The molecule has 1 aliphatic carbocycles. The molecule has 1 N–H and O–H groups in total. The van der Waals surface area contributed by atoms with Crippen LogP contribution in [0.5, 0.6) is 0 Å². The normalized spacial score (nSPS) is 15.3. The molecule has 0 radical (unpaired) electrons. The summed E-state index contributed by atoms with van der Waals surface area (Å²) >= 11 is 3.45. The maximum atomic E-state index is 12.2. The molecule has 1 saturated carbocycles. The topological polar surface area (TPSA) is 79.8 Å². The van der Waals surface area contributed by atoms with Crippen LogP contribution in [0.1, 0.15) is 30.4 Å². The van der Waals surface area contributed by atoms with E-state index in [4.69, 9.17) is 0 Å². The van der Waals surface area contributed by atoms with Gasteiger partial charge in [-0.1, -0.05) is 34.5 Å². The molecule has 1 aromatic heterocycles. The minimum Gasteiger partial charge on any atom is -0.369 e. The summed E-state index contributed by atoms with van der Waals surface area (Å²) in [5, 5.41) is 12.6. The zero-order chi connectivity index (χ0) is 18.2. The molecule has 1 aliphatic rings. The van der Waals surface area contributed by atoms with E-state index in [0.29, 0.717) is 12.4 Å². The van der Waals surface area contributed by atoms with Crippen LogP contribution in [0.2, 0.25) is 0 Å². The molecule has 7 heteroatoms. The minimum absolute atomic E-state index is 0.0325. The van der Waals surface area contributed by atoms with Gasteiger partial charge in [0.1, 0.15) is 11.9 Å². The predicted octanol–water partition coefficient (Wildman–Crippen LogP) is 2.25. The highest BCUT2D eigenvalue weighted by atomic mass is 79.9. The first-order valence-corrected chi connectivity index (χ1v) is 8.89. The molecule has 1 fully saturated rings. The summed E-state index contributed by atoms with van der Waals surface area (Å²) in [5.41, 5.74) is 0.138. The van der Waals surface area contributed by atoms with Crippen LogP contribution >= 0.6 is 15.9 Å². The number of nitrogens with one attached hydrogen (secondary N) is 1. The summed E-state index contributed by atoms with van der Waals surface area (Å²) in [6.45, 7) is 0.573. The van der Waals surface area contributed by atoms with E-state index in [1.807, 2.05) is 18.2 Å². The number of hydrogen-bond donors (Lipinski definition) is 1. The van der Waals surface area contributed by atoms with Crippen molar-refractivity contribution < 1.29 is 0 Å². The second-order valence-corrected chi connectivity index (χ2v) is 7.45. The quantitative estimate of drug-likeness (QED) is 0.850. The average Bonchev–Trinajstić information content (AvgIpc) is 2.57. The van der Waals surface area contributed by atoms with Gasteiger partial charge in [-0.3, -0.25) is 13.9 Å². The Kier molecular flexibility index (Phi) is 4.56. The van der Waals surface area contributed by atoms with Crippen LogP contribution in [-0.2, 0) is 19.5 Å². The highest BCUT2D eigenvalue weighted by molar-refractivity contribution is 9.10. The number of aromatic nitrogens is 2. The second kappa shape index (κ2) is 6.52. The maximum absolute atomic E-state index is 12.2. The molecule has 130 valence electrons. The molecule has 0 spiro atoms. The molecule has 6 nitrogen and oxygen atoms in total. The van der Waals surface area contributed by atoms with Gasteiger partial charge in [-0.2, -0.15) is 5.26 Å². The lowest BCUT2D eigenvalue weighted by atomic mass is 9.64. The number of anilines is 1. The fraction of sp³-hybridized carbons (Fsp3) is 0.389. The first-order valence-electron chi connectivity index (χ1n) is 8.10. The Morgan fingerprint density at radius 2 is 1.84 bits per heavy atom. The van der Waals surface area contributed by atoms with E-state index in [1.165, 1.54) is 17.2 Å². The summed E-state index contributed by atoms with van der Waals surface area (Å²) in [4.78, 5) is 24.4. The van der Waals surface area contributed by atoms with E-state index < -0.39 is 11.2 Å². The van der Waals surface area contributed by atoms with Crippen LogP contribution < -0.4 is 16.6 Å². The smallest absolute Gasteiger partial charge is 0.332 e. The fourth-order valence-corrected chi connectivity index (χ4v) is 3.64. The highest BCUT2D eigenvalue weighted by Crippen LogP contribution is 2.44. The maximum Gasteiger partial charge on any atom is 0.332 e. The summed E-state index contributed by atoms with van der Waals surface area (Å²) in [6, 6.07) is 10.2. The van der Waals surface area contributed by atoms with Crippen LogP contribution in [0.25, 0.3) is 0 Å². The van der Waals surface area contributed by atoms with Crippen LogP contribution in [0, 0.1) is 11.3 Å². The molecule has 0 unspecified atom stereocenters. The molecule has 2 aromatic rings. The molecule has 0 amide bonds. The van der Waals surface area contributed by atoms with Crippen LogP contribution in [-0.4, -0.2) is 15.7 Å². The van der Waals surface area contributed by atoms with Crippen LogP contribution in [0.4, 0.5) is 5.82 Å². The molecule has 25 heavy (non-hydrogen) atoms. The van der Waals surface area contributed by atoms with Gasteiger partial charge in [0.05, 0.1) is 0 Å².